The normalized spacial score (nSPS) is 11.8. The van der Waals surface area contributed by atoms with Crippen molar-refractivity contribution in [3.05, 3.63) is 54.1 Å². The van der Waals surface area contributed by atoms with Crippen molar-refractivity contribution in [1.29, 1.82) is 0 Å². The molecule has 0 amide bonds. The summed E-state index contributed by atoms with van der Waals surface area (Å²) in [4.78, 5) is 4.47. The average molecular weight is 328 g/mol. The van der Waals surface area contributed by atoms with Crippen molar-refractivity contribution in [3.63, 3.8) is 0 Å². The molecule has 0 fully saturated rings. The highest BCUT2D eigenvalue weighted by molar-refractivity contribution is 7.98. The first-order valence-electron chi connectivity index (χ1n) is 7.49. The Labute approximate surface area is 139 Å². The number of benzene rings is 1. The van der Waals surface area contributed by atoms with Crippen molar-refractivity contribution in [3.8, 4) is 0 Å². The number of aromatic nitrogens is 6. The zero-order valence-corrected chi connectivity index (χ0v) is 14.4. The number of tetrazole rings is 1. The fourth-order valence-electron chi connectivity index (χ4n) is 2.22. The van der Waals surface area contributed by atoms with Gasteiger partial charge in [-0.2, -0.15) is 0 Å². The molecule has 2 heterocycles. The molecular weight excluding hydrogens is 308 g/mol. The van der Waals surface area contributed by atoms with Crippen molar-refractivity contribution in [2.45, 2.75) is 43.8 Å². The first-order chi connectivity index (χ1) is 11.0. The molecule has 0 aliphatic rings. The molecular formula is C16H20N6S. The van der Waals surface area contributed by atoms with E-state index in [-0.39, 0.29) is 5.54 Å². The molecule has 2 aromatic heterocycles. The standard InChI is InChI=1S/C16H20N6S/c1-16(2,3)22-15(18-19-20-22)23-12-14-17-9-10-21(14)11-13-7-5-4-6-8-13/h4-10H,11-12H2,1-3H3. The van der Waals surface area contributed by atoms with E-state index in [1.54, 1.807) is 11.8 Å². The third-order valence-corrected chi connectivity index (χ3v) is 4.32. The van der Waals surface area contributed by atoms with Crippen LogP contribution in [0.5, 0.6) is 0 Å². The van der Waals surface area contributed by atoms with E-state index in [1.165, 1.54) is 5.56 Å². The Kier molecular flexibility index (Phi) is 4.47. The lowest BCUT2D eigenvalue weighted by atomic mass is 10.1. The number of imidazole rings is 1. The molecule has 0 saturated carbocycles. The van der Waals surface area contributed by atoms with Crippen LogP contribution in [0.4, 0.5) is 0 Å². The molecule has 0 spiro atoms. The Morgan fingerprint density at radius 2 is 1.91 bits per heavy atom. The molecule has 0 unspecified atom stereocenters. The first-order valence-corrected chi connectivity index (χ1v) is 8.48. The molecule has 0 bridgehead atoms. The van der Waals surface area contributed by atoms with Crippen molar-refractivity contribution >= 4 is 11.8 Å². The Morgan fingerprint density at radius 1 is 1.13 bits per heavy atom. The van der Waals surface area contributed by atoms with E-state index in [9.17, 15) is 0 Å². The summed E-state index contributed by atoms with van der Waals surface area (Å²) in [6, 6.07) is 10.4. The van der Waals surface area contributed by atoms with Crippen LogP contribution in [0.1, 0.15) is 32.2 Å². The summed E-state index contributed by atoms with van der Waals surface area (Å²) >= 11 is 1.61. The SMILES string of the molecule is CC(C)(C)n1nnnc1SCc1nccn1Cc1ccccc1. The van der Waals surface area contributed by atoms with Gasteiger partial charge in [-0.25, -0.2) is 9.67 Å². The molecule has 0 N–H and O–H groups in total. The minimum Gasteiger partial charge on any atom is -0.330 e. The second kappa shape index (κ2) is 6.54. The highest BCUT2D eigenvalue weighted by Crippen LogP contribution is 2.24. The Hall–Kier alpha value is -2.15. The van der Waals surface area contributed by atoms with Crippen molar-refractivity contribution in [2.75, 3.05) is 0 Å². The van der Waals surface area contributed by atoms with Crippen LogP contribution in [0.15, 0.2) is 47.9 Å². The molecule has 6 nitrogen and oxygen atoms in total. The predicted molar refractivity (Wildman–Crippen MR) is 90.1 cm³/mol. The average Bonchev–Trinajstić information content (AvgIpc) is 3.14. The van der Waals surface area contributed by atoms with Gasteiger partial charge < -0.3 is 4.57 Å². The highest BCUT2D eigenvalue weighted by atomic mass is 32.2. The van der Waals surface area contributed by atoms with Gasteiger partial charge in [-0.1, -0.05) is 42.1 Å². The molecule has 23 heavy (non-hydrogen) atoms. The summed E-state index contributed by atoms with van der Waals surface area (Å²) in [7, 11) is 0. The quantitative estimate of drug-likeness (QED) is 0.674. The largest absolute Gasteiger partial charge is 0.330 e. The number of rotatable bonds is 5. The molecule has 7 heteroatoms. The lowest BCUT2D eigenvalue weighted by molar-refractivity contribution is 0.321. The van der Waals surface area contributed by atoms with E-state index < -0.39 is 0 Å². The molecule has 3 aromatic rings. The maximum atomic E-state index is 4.47. The Bertz CT molecular complexity index is 756. The lowest BCUT2D eigenvalue weighted by Crippen LogP contribution is -2.24. The van der Waals surface area contributed by atoms with Gasteiger partial charge in [0.05, 0.1) is 11.3 Å². The van der Waals surface area contributed by atoms with Crippen molar-refractivity contribution in [1.82, 2.24) is 29.8 Å². The smallest absolute Gasteiger partial charge is 0.210 e. The van der Waals surface area contributed by atoms with Gasteiger partial charge in [-0.3, -0.25) is 0 Å². The van der Waals surface area contributed by atoms with Gasteiger partial charge in [0.25, 0.3) is 0 Å². The van der Waals surface area contributed by atoms with E-state index in [1.807, 2.05) is 23.1 Å². The maximum absolute atomic E-state index is 4.47. The topological polar surface area (TPSA) is 61.4 Å². The van der Waals surface area contributed by atoms with Gasteiger partial charge >= 0.3 is 0 Å². The van der Waals surface area contributed by atoms with E-state index >= 15 is 0 Å². The summed E-state index contributed by atoms with van der Waals surface area (Å²) < 4.78 is 4.01. The zero-order chi connectivity index (χ0) is 16.3. The van der Waals surface area contributed by atoms with Gasteiger partial charge in [0.2, 0.25) is 5.16 Å². The van der Waals surface area contributed by atoms with Crippen LogP contribution in [0.3, 0.4) is 0 Å². The molecule has 120 valence electrons. The molecule has 0 aliphatic heterocycles. The Balaban J connectivity index is 1.71. The minimum atomic E-state index is -0.134. The molecule has 3 rings (SSSR count). The van der Waals surface area contributed by atoms with E-state index in [0.717, 1.165) is 23.3 Å². The first kappa shape index (κ1) is 15.7. The number of nitrogens with zero attached hydrogens (tertiary/aromatic N) is 6. The third kappa shape index (κ3) is 3.79. The van der Waals surface area contributed by atoms with Crippen LogP contribution in [-0.4, -0.2) is 29.8 Å². The second-order valence-corrected chi connectivity index (χ2v) is 7.23. The molecule has 0 saturated heterocycles. The summed E-state index contributed by atoms with van der Waals surface area (Å²) in [6.07, 6.45) is 3.85. The van der Waals surface area contributed by atoms with Crippen molar-refractivity contribution < 1.29 is 0 Å². The monoisotopic (exact) mass is 328 g/mol. The molecule has 0 radical (unpaired) electrons. The lowest BCUT2D eigenvalue weighted by Gasteiger charge is -2.19. The van der Waals surface area contributed by atoms with Crippen LogP contribution >= 0.6 is 11.8 Å². The van der Waals surface area contributed by atoms with Crippen molar-refractivity contribution in [2.24, 2.45) is 0 Å². The molecule has 0 atom stereocenters. The number of hydrogen-bond acceptors (Lipinski definition) is 5. The van der Waals surface area contributed by atoms with Gasteiger partial charge in [-0.15, -0.1) is 5.10 Å². The van der Waals surface area contributed by atoms with Gasteiger partial charge in [0.15, 0.2) is 0 Å². The van der Waals surface area contributed by atoms with E-state index in [4.69, 9.17) is 0 Å². The fourth-order valence-corrected chi connectivity index (χ4v) is 3.25. The summed E-state index contributed by atoms with van der Waals surface area (Å²) in [6.45, 7) is 7.08. The van der Waals surface area contributed by atoms with Crippen LogP contribution < -0.4 is 0 Å². The predicted octanol–water partition coefficient (Wildman–Crippen LogP) is 2.97. The second-order valence-electron chi connectivity index (χ2n) is 6.29. The summed E-state index contributed by atoms with van der Waals surface area (Å²) in [5.41, 5.74) is 1.13. The number of hydrogen-bond donors (Lipinski definition) is 0. The number of thioether (sulfide) groups is 1. The van der Waals surface area contributed by atoms with Gasteiger partial charge in [0.1, 0.15) is 5.82 Å². The van der Waals surface area contributed by atoms with Crippen LogP contribution in [0.2, 0.25) is 0 Å². The van der Waals surface area contributed by atoms with E-state index in [0.29, 0.717) is 0 Å². The van der Waals surface area contributed by atoms with E-state index in [2.05, 4.69) is 70.1 Å². The summed E-state index contributed by atoms with van der Waals surface area (Å²) in [5, 5.41) is 12.8. The maximum Gasteiger partial charge on any atom is 0.210 e. The zero-order valence-electron chi connectivity index (χ0n) is 13.5. The summed E-state index contributed by atoms with van der Waals surface area (Å²) in [5.74, 6) is 1.75. The minimum absolute atomic E-state index is 0.134. The van der Waals surface area contributed by atoms with Crippen LogP contribution in [-0.2, 0) is 17.8 Å². The Morgan fingerprint density at radius 3 is 2.65 bits per heavy atom. The third-order valence-electron chi connectivity index (χ3n) is 3.40. The van der Waals surface area contributed by atoms with Crippen LogP contribution in [0.25, 0.3) is 0 Å². The molecule has 1 aromatic carbocycles. The van der Waals surface area contributed by atoms with Gasteiger partial charge in [0, 0.05) is 18.9 Å². The fraction of sp³-hybridized carbons (Fsp3) is 0.375. The van der Waals surface area contributed by atoms with Gasteiger partial charge in [-0.05, 0) is 36.8 Å². The highest BCUT2D eigenvalue weighted by Gasteiger charge is 2.20. The van der Waals surface area contributed by atoms with Crippen LogP contribution in [0, 0.1) is 0 Å². The molecule has 0 aliphatic carbocycles.